The van der Waals surface area contributed by atoms with Gasteiger partial charge in [-0.15, -0.1) is 0 Å². The van der Waals surface area contributed by atoms with Crippen LogP contribution in [0.15, 0.2) is 30.6 Å². The summed E-state index contributed by atoms with van der Waals surface area (Å²) in [5, 5.41) is 22.7. The quantitative estimate of drug-likeness (QED) is 0.391. The molecule has 3 aliphatic rings. The first-order valence-corrected chi connectivity index (χ1v) is 14.7. The number of carboxylic acid groups (broad SMARTS) is 1. The number of ether oxygens (including phenoxy) is 1. The molecule has 1 aromatic carbocycles. The number of aliphatic hydroxyl groups excluding tert-OH is 1. The van der Waals surface area contributed by atoms with Crippen LogP contribution in [0.2, 0.25) is 0 Å². The van der Waals surface area contributed by atoms with Crippen molar-refractivity contribution in [2.45, 2.75) is 69.9 Å². The topological polar surface area (TPSA) is 141 Å². The molecule has 12 heteroatoms. The monoisotopic (exact) mass is 566 g/mol. The Morgan fingerprint density at radius 1 is 1.15 bits per heavy atom. The first-order valence-electron chi connectivity index (χ1n) is 13.9. The number of aromatic nitrogens is 3. The van der Waals surface area contributed by atoms with Gasteiger partial charge in [-0.05, 0) is 56.7 Å². The number of carbonyl (C=O) groups is 2. The van der Waals surface area contributed by atoms with E-state index in [1.165, 1.54) is 16.2 Å². The molecule has 1 saturated heterocycles. The predicted octanol–water partition coefficient (Wildman–Crippen LogP) is 3.58. The Balaban J connectivity index is 1.02. The summed E-state index contributed by atoms with van der Waals surface area (Å²) < 4.78 is 6.75. The maximum atomic E-state index is 12.9. The zero-order chi connectivity index (χ0) is 27.8. The highest BCUT2D eigenvalue weighted by atomic mass is 32.1. The third kappa shape index (κ3) is 5.67. The van der Waals surface area contributed by atoms with Gasteiger partial charge in [0.05, 0.1) is 22.4 Å². The second-order valence-corrected chi connectivity index (χ2v) is 12.1. The van der Waals surface area contributed by atoms with Gasteiger partial charge in [-0.25, -0.2) is 19.7 Å². The third-order valence-electron chi connectivity index (χ3n) is 8.40. The predicted molar refractivity (Wildman–Crippen MR) is 150 cm³/mol. The van der Waals surface area contributed by atoms with Gasteiger partial charge in [0.2, 0.25) is 5.91 Å². The summed E-state index contributed by atoms with van der Waals surface area (Å²) >= 11 is 1.45. The lowest BCUT2D eigenvalue weighted by Crippen LogP contribution is -2.60. The maximum Gasteiger partial charge on any atom is 0.407 e. The molecule has 0 spiro atoms. The second-order valence-electron chi connectivity index (χ2n) is 11.1. The van der Waals surface area contributed by atoms with Crippen LogP contribution in [0.1, 0.15) is 44.9 Å². The minimum absolute atomic E-state index is 0.0105. The van der Waals surface area contributed by atoms with Crippen molar-refractivity contribution in [2.75, 3.05) is 25.0 Å². The van der Waals surface area contributed by atoms with Gasteiger partial charge >= 0.3 is 6.09 Å². The van der Waals surface area contributed by atoms with Gasteiger partial charge in [-0.2, -0.15) is 0 Å². The maximum absolute atomic E-state index is 12.9. The van der Waals surface area contributed by atoms with Crippen molar-refractivity contribution < 1.29 is 24.5 Å². The van der Waals surface area contributed by atoms with Crippen LogP contribution in [0.25, 0.3) is 21.3 Å². The SMILES string of the molecule is C[C@H]1CN(C(=O)O)CCN1C1CC(C(=O)Nc2nc3ccc(-c4cnc(CO[C@H]5CCC[C@@H]5O)nc4)cc3s2)C1. The van der Waals surface area contributed by atoms with Crippen LogP contribution in [0, 0.1) is 5.92 Å². The highest BCUT2D eigenvalue weighted by Gasteiger charge is 2.41. The molecule has 212 valence electrons. The van der Waals surface area contributed by atoms with E-state index in [2.05, 4.69) is 32.1 Å². The summed E-state index contributed by atoms with van der Waals surface area (Å²) in [7, 11) is 0. The van der Waals surface area contributed by atoms with E-state index in [0.717, 1.165) is 53.4 Å². The molecule has 0 bridgehead atoms. The largest absolute Gasteiger partial charge is 0.465 e. The molecule has 3 atom stereocenters. The van der Waals surface area contributed by atoms with Crippen molar-refractivity contribution in [1.82, 2.24) is 24.8 Å². The van der Waals surface area contributed by atoms with Gasteiger partial charge in [-0.1, -0.05) is 17.4 Å². The second kappa shape index (κ2) is 11.4. The standard InChI is InChI=1S/C28H34N6O5S/c1-16-14-33(28(37)38)7-8-34(16)20-9-18(10-20)26(36)32-27-31-21-6-5-17(11-24(21)40-27)19-12-29-25(30-13-19)15-39-23-4-2-3-22(23)35/h5-6,11-13,16,18,20,22-23,35H,2-4,7-10,14-15H2,1H3,(H,37,38)(H,31,32,36)/t16-,18?,20?,22-,23-/m0/s1. The molecule has 40 heavy (non-hydrogen) atoms. The molecule has 3 N–H and O–H groups in total. The molecule has 0 unspecified atom stereocenters. The van der Waals surface area contributed by atoms with Crippen molar-refractivity contribution in [2.24, 2.45) is 5.92 Å². The number of aliphatic hydroxyl groups is 1. The summed E-state index contributed by atoms with van der Waals surface area (Å²) in [6.45, 7) is 4.05. The van der Waals surface area contributed by atoms with Crippen LogP contribution in [0.4, 0.5) is 9.93 Å². The average molecular weight is 567 g/mol. The average Bonchev–Trinajstić information content (AvgIpc) is 3.52. The number of thiazole rings is 1. The van der Waals surface area contributed by atoms with Gasteiger partial charge < -0.3 is 25.2 Å². The van der Waals surface area contributed by atoms with E-state index in [-0.39, 0.29) is 30.6 Å². The number of amides is 2. The van der Waals surface area contributed by atoms with Gasteiger partial charge in [-0.3, -0.25) is 9.69 Å². The van der Waals surface area contributed by atoms with Crippen LogP contribution in [-0.4, -0.2) is 90.9 Å². The van der Waals surface area contributed by atoms with Crippen LogP contribution < -0.4 is 5.32 Å². The Bertz CT molecular complexity index is 1380. The number of carbonyl (C=O) groups excluding carboxylic acids is 1. The zero-order valence-electron chi connectivity index (χ0n) is 22.4. The molecular weight excluding hydrogens is 532 g/mol. The normalized spacial score (nSPS) is 27.1. The molecule has 6 rings (SSSR count). The molecule has 11 nitrogen and oxygen atoms in total. The van der Waals surface area contributed by atoms with E-state index in [1.54, 1.807) is 12.4 Å². The Labute approximate surface area is 236 Å². The fraction of sp³-hybridized carbons (Fsp3) is 0.536. The number of nitrogens with one attached hydrogen (secondary N) is 1. The highest BCUT2D eigenvalue weighted by Crippen LogP contribution is 2.36. The first-order chi connectivity index (χ1) is 19.3. The fourth-order valence-corrected chi connectivity index (χ4v) is 6.89. The molecule has 3 aromatic rings. The molecule has 1 aliphatic heterocycles. The summed E-state index contributed by atoms with van der Waals surface area (Å²) in [6.07, 6.45) is 6.33. The smallest absolute Gasteiger partial charge is 0.407 e. The molecule has 2 amide bonds. The number of nitrogens with zero attached hydrogens (tertiary/aromatic N) is 5. The van der Waals surface area contributed by atoms with E-state index in [9.17, 15) is 19.8 Å². The number of benzene rings is 1. The number of hydrogen-bond donors (Lipinski definition) is 3. The molecular formula is C28H34N6O5S. The number of piperazine rings is 1. The van der Waals surface area contributed by atoms with E-state index >= 15 is 0 Å². The molecule has 2 aliphatic carbocycles. The van der Waals surface area contributed by atoms with Crippen LogP contribution in [-0.2, 0) is 16.1 Å². The number of fused-ring (bicyclic) bond motifs is 1. The zero-order valence-corrected chi connectivity index (χ0v) is 23.2. The van der Waals surface area contributed by atoms with Crippen molar-refractivity contribution in [3.05, 3.63) is 36.4 Å². The van der Waals surface area contributed by atoms with E-state index in [1.807, 2.05) is 18.2 Å². The van der Waals surface area contributed by atoms with Gasteiger partial charge in [0.15, 0.2) is 11.0 Å². The lowest BCUT2D eigenvalue weighted by molar-refractivity contribution is -0.125. The minimum Gasteiger partial charge on any atom is -0.465 e. The summed E-state index contributed by atoms with van der Waals surface area (Å²) in [5.74, 6) is 0.513. The molecule has 3 heterocycles. The van der Waals surface area contributed by atoms with Gasteiger partial charge in [0.25, 0.3) is 0 Å². The number of hydrogen-bond acceptors (Lipinski definition) is 9. The third-order valence-corrected chi connectivity index (χ3v) is 9.34. The molecule has 2 saturated carbocycles. The van der Waals surface area contributed by atoms with Crippen LogP contribution in [0.5, 0.6) is 0 Å². The van der Waals surface area contributed by atoms with E-state index < -0.39 is 12.2 Å². The Morgan fingerprint density at radius 2 is 1.95 bits per heavy atom. The Kier molecular flexibility index (Phi) is 7.67. The van der Waals surface area contributed by atoms with Crippen molar-refractivity contribution >= 4 is 38.7 Å². The Hall–Kier alpha value is -3.19. The van der Waals surface area contributed by atoms with Crippen molar-refractivity contribution in [1.29, 1.82) is 0 Å². The molecule has 2 aromatic heterocycles. The highest BCUT2D eigenvalue weighted by molar-refractivity contribution is 7.22. The summed E-state index contributed by atoms with van der Waals surface area (Å²) in [5.41, 5.74) is 2.66. The Morgan fingerprint density at radius 3 is 2.65 bits per heavy atom. The minimum atomic E-state index is -0.867. The molecule has 3 fully saturated rings. The van der Waals surface area contributed by atoms with E-state index in [0.29, 0.717) is 36.6 Å². The number of rotatable bonds is 7. The van der Waals surface area contributed by atoms with Crippen LogP contribution >= 0.6 is 11.3 Å². The number of anilines is 1. The van der Waals surface area contributed by atoms with Gasteiger partial charge in [0.1, 0.15) is 6.61 Å². The van der Waals surface area contributed by atoms with Crippen molar-refractivity contribution in [3.8, 4) is 11.1 Å². The molecule has 0 radical (unpaired) electrons. The summed E-state index contributed by atoms with van der Waals surface area (Å²) in [4.78, 5) is 41.4. The first kappa shape index (κ1) is 27.0. The van der Waals surface area contributed by atoms with Crippen molar-refractivity contribution in [3.63, 3.8) is 0 Å². The van der Waals surface area contributed by atoms with Gasteiger partial charge in [0, 0.05) is 55.6 Å². The lowest BCUT2D eigenvalue weighted by atomic mass is 9.78. The van der Waals surface area contributed by atoms with E-state index in [4.69, 9.17) is 4.74 Å². The lowest BCUT2D eigenvalue weighted by Gasteiger charge is -2.48. The van der Waals surface area contributed by atoms with Crippen LogP contribution in [0.3, 0.4) is 0 Å². The summed E-state index contributed by atoms with van der Waals surface area (Å²) in [6, 6.07) is 6.41. The fourth-order valence-electron chi connectivity index (χ4n) is 5.99.